The second-order valence-corrected chi connectivity index (χ2v) is 5.47. The Morgan fingerprint density at radius 1 is 1.56 bits per heavy atom. The van der Waals surface area contributed by atoms with Crippen LogP contribution in [-0.2, 0) is 4.79 Å². The number of carbonyl (C=O) groups excluding carboxylic acids is 1. The smallest absolute Gasteiger partial charge is 0.224 e. The van der Waals surface area contributed by atoms with E-state index in [1.807, 2.05) is 0 Å². The van der Waals surface area contributed by atoms with E-state index in [0.29, 0.717) is 11.8 Å². The second kappa shape index (κ2) is 5.87. The van der Waals surface area contributed by atoms with Gasteiger partial charge in [-0.25, -0.2) is 0 Å². The summed E-state index contributed by atoms with van der Waals surface area (Å²) in [5.74, 6) is 0.786. The number of hydrogen-bond acceptors (Lipinski definition) is 2. The Bertz CT molecular complexity index is 237. The molecule has 1 fully saturated rings. The summed E-state index contributed by atoms with van der Waals surface area (Å²) in [7, 11) is 0. The summed E-state index contributed by atoms with van der Waals surface area (Å²) in [5, 5.41) is 12.5. The molecule has 1 saturated carbocycles. The van der Waals surface area contributed by atoms with Gasteiger partial charge in [0.25, 0.3) is 0 Å². The molecule has 0 heterocycles. The van der Waals surface area contributed by atoms with Gasteiger partial charge in [-0.1, -0.05) is 13.8 Å². The minimum absolute atomic E-state index is 0.0282. The molecule has 2 N–H and O–H groups in total. The Balaban J connectivity index is 2.57. The molecule has 94 valence electrons. The number of aliphatic hydroxyl groups is 1. The van der Waals surface area contributed by atoms with Crippen LogP contribution in [-0.4, -0.2) is 29.0 Å². The molecule has 1 rings (SSSR count). The summed E-state index contributed by atoms with van der Waals surface area (Å²) >= 11 is 5.65. The maximum atomic E-state index is 11.8. The van der Waals surface area contributed by atoms with Crippen molar-refractivity contribution in [2.75, 3.05) is 12.5 Å². The predicted octanol–water partition coefficient (Wildman–Crippen LogP) is 1.92. The van der Waals surface area contributed by atoms with E-state index >= 15 is 0 Å². The Hall–Kier alpha value is -0.280. The molecule has 0 spiro atoms. The van der Waals surface area contributed by atoms with E-state index in [2.05, 4.69) is 12.2 Å². The molecule has 0 aromatic rings. The van der Waals surface area contributed by atoms with Crippen LogP contribution in [0.2, 0.25) is 0 Å². The van der Waals surface area contributed by atoms with Crippen molar-refractivity contribution < 1.29 is 9.90 Å². The fourth-order valence-electron chi connectivity index (χ4n) is 2.09. The minimum Gasteiger partial charge on any atom is -0.394 e. The lowest BCUT2D eigenvalue weighted by Crippen LogP contribution is -2.54. The van der Waals surface area contributed by atoms with E-state index < -0.39 is 5.54 Å². The zero-order chi connectivity index (χ0) is 12.2. The van der Waals surface area contributed by atoms with E-state index in [1.165, 1.54) is 0 Å². The van der Waals surface area contributed by atoms with Gasteiger partial charge in [-0.3, -0.25) is 4.79 Å². The number of carbonyl (C=O) groups is 1. The molecule has 1 aliphatic rings. The Morgan fingerprint density at radius 2 is 2.12 bits per heavy atom. The summed E-state index contributed by atoms with van der Waals surface area (Å²) in [6.07, 6.45) is 3.86. The maximum Gasteiger partial charge on any atom is 0.224 e. The molecule has 0 bridgehead atoms. The molecular weight excluding hydrogens is 226 g/mol. The van der Waals surface area contributed by atoms with Gasteiger partial charge in [0, 0.05) is 11.8 Å². The highest BCUT2D eigenvalue weighted by molar-refractivity contribution is 6.19. The average molecular weight is 248 g/mol. The van der Waals surface area contributed by atoms with Gasteiger partial charge in [-0.15, -0.1) is 11.6 Å². The van der Waals surface area contributed by atoms with E-state index in [1.54, 1.807) is 6.92 Å². The highest BCUT2D eigenvalue weighted by Crippen LogP contribution is 2.31. The van der Waals surface area contributed by atoms with Crippen LogP contribution in [0.1, 0.15) is 39.5 Å². The molecular formula is C12H22ClNO2. The van der Waals surface area contributed by atoms with Gasteiger partial charge >= 0.3 is 0 Å². The zero-order valence-electron chi connectivity index (χ0n) is 10.1. The number of alkyl halides is 1. The van der Waals surface area contributed by atoms with Gasteiger partial charge in [-0.05, 0) is 31.6 Å². The second-order valence-electron chi connectivity index (χ2n) is 5.17. The molecule has 0 aromatic carbocycles. The third-order valence-electron chi connectivity index (χ3n) is 3.60. The third kappa shape index (κ3) is 3.36. The third-order valence-corrected chi connectivity index (χ3v) is 4.06. The highest BCUT2D eigenvalue weighted by atomic mass is 35.5. The van der Waals surface area contributed by atoms with Crippen LogP contribution >= 0.6 is 11.6 Å². The average Bonchev–Trinajstić information content (AvgIpc) is 2.31. The van der Waals surface area contributed by atoms with E-state index in [0.717, 1.165) is 25.7 Å². The Labute approximate surface area is 103 Å². The Kier molecular flexibility index (Phi) is 5.06. The van der Waals surface area contributed by atoms with Crippen molar-refractivity contribution in [1.29, 1.82) is 0 Å². The lowest BCUT2D eigenvalue weighted by atomic mass is 9.77. The summed E-state index contributed by atoms with van der Waals surface area (Å²) in [4.78, 5) is 11.8. The van der Waals surface area contributed by atoms with Crippen molar-refractivity contribution in [3.05, 3.63) is 0 Å². The number of aliphatic hydroxyl groups excluding tert-OH is 1. The van der Waals surface area contributed by atoms with Crippen molar-refractivity contribution >= 4 is 17.5 Å². The highest BCUT2D eigenvalue weighted by Gasteiger charge is 2.35. The van der Waals surface area contributed by atoms with Gasteiger partial charge in [0.2, 0.25) is 5.91 Å². The molecule has 3 nitrogen and oxygen atoms in total. The van der Waals surface area contributed by atoms with E-state index in [-0.39, 0.29) is 18.4 Å². The van der Waals surface area contributed by atoms with Crippen molar-refractivity contribution in [3.63, 3.8) is 0 Å². The van der Waals surface area contributed by atoms with Crippen LogP contribution in [0.3, 0.4) is 0 Å². The Morgan fingerprint density at radius 3 is 2.56 bits per heavy atom. The molecule has 0 aliphatic heterocycles. The summed E-state index contributed by atoms with van der Waals surface area (Å²) in [5.41, 5.74) is -0.399. The summed E-state index contributed by atoms with van der Waals surface area (Å²) in [6, 6.07) is 0. The van der Waals surface area contributed by atoms with E-state index in [9.17, 15) is 9.90 Å². The van der Waals surface area contributed by atoms with Gasteiger partial charge in [0.15, 0.2) is 0 Å². The van der Waals surface area contributed by atoms with Crippen molar-refractivity contribution in [1.82, 2.24) is 5.32 Å². The molecule has 1 aliphatic carbocycles. The van der Waals surface area contributed by atoms with Gasteiger partial charge in [-0.2, -0.15) is 0 Å². The molecule has 16 heavy (non-hydrogen) atoms. The maximum absolute atomic E-state index is 11.8. The van der Waals surface area contributed by atoms with Gasteiger partial charge < -0.3 is 10.4 Å². The number of nitrogens with one attached hydrogen (secondary N) is 1. The molecule has 1 atom stereocenters. The topological polar surface area (TPSA) is 49.3 Å². The van der Waals surface area contributed by atoms with Crippen molar-refractivity contribution in [2.45, 2.75) is 45.1 Å². The molecule has 0 radical (unpaired) electrons. The lowest BCUT2D eigenvalue weighted by molar-refractivity contribution is -0.127. The lowest BCUT2D eigenvalue weighted by Gasteiger charge is -2.39. The van der Waals surface area contributed by atoms with Crippen LogP contribution in [0.5, 0.6) is 0 Å². The SMILES string of the molecule is CC1CCC(CO)(NC(=O)C(C)CCl)CC1. The first kappa shape index (κ1) is 13.8. The largest absolute Gasteiger partial charge is 0.394 e. The first-order valence-electron chi connectivity index (χ1n) is 6.02. The van der Waals surface area contributed by atoms with Crippen LogP contribution in [0, 0.1) is 11.8 Å². The quantitative estimate of drug-likeness (QED) is 0.746. The molecule has 0 aromatic heterocycles. The van der Waals surface area contributed by atoms with Crippen molar-refractivity contribution in [2.24, 2.45) is 11.8 Å². The number of halogens is 1. The van der Waals surface area contributed by atoms with Gasteiger partial charge in [0.05, 0.1) is 12.1 Å². The standard InChI is InChI=1S/C12H22ClNO2/c1-9-3-5-12(8-15,6-4-9)14-11(16)10(2)7-13/h9-10,15H,3-8H2,1-2H3,(H,14,16). The van der Waals surface area contributed by atoms with Crippen molar-refractivity contribution in [3.8, 4) is 0 Å². The molecule has 1 amide bonds. The zero-order valence-corrected chi connectivity index (χ0v) is 10.9. The van der Waals surface area contributed by atoms with Crippen LogP contribution in [0.25, 0.3) is 0 Å². The first-order valence-corrected chi connectivity index (χ1v) is 6.55. The predicted molar refractivity (Wildman–Crippen MR) is 65.5 cm³/mol. The normalized spacial score (nSPS) is 32.1. The van der Waals surface area contributed by atoms with Crippen LogP contribution in [0.4, 0.5) is 0 Å². The minimum atomic E-state index is -0.399. The molecule has 1 unspecified atom stereocenters. The monoisotopic (exact) mass is 247 g/mol. The fraction of sp³-hybridized carbons (Fsp3) is 0.917. The van der Waals surface area contributed by atoms with Gasteiger partial charge in [0.1, 0.15) is 0 Å². The van der Waals surface area contributed by atoms with E-state index in [4.69, 9.17) is 11.6 Å². The summed E-state index contributed by atoms with van der Waals surface area (Å²) < 4.78 is 0. The first-order chi connectivity index (χ1) is 7.53. The number of rotatable bonds is 4. The molecule has 0 saturated heterocycles. The van der Waals surface area contributed by atoms with Crippen LogP contribution in [0.15, 0.2) is 0 Å². The molecule has 4 heteroatoms. The number of hydrogen-bond donors (Lipinski definition) is 2. The fourth-order valence-corrected chi connectivity index (χ4v) is 2.23. The number of amides is 1. The summed E-state index contributed by atoms with van der Waals surface area (Å²) in [6.45, 7) is 4.05. The van der Waals surface area contributed by atoms with Crippen LogP contribution < -0.4 is 5.32 Å².